The number of pyridine rings is 1. The maximum absolute atomic E-state index is 12.4. The summed E-state index contributed by atoms with van der Waals surface area (Å²) < 4.78 is 5.20. The highest BCUT2D eigenvalue weighted by Crippen LogP contribution is 2.15. The highest BCUT2D eigenvalue weighted by atomic mass is 16.5. The van der Waals surface area contributed by atoms with Crippen LogP contribution in [0.2, 0.25) is 0 Å². The summed E-state index contributed by atoms with van der Waals surface area (Å²) in [4.78, 5) is 34.1. The summed E-state index contributed by atoms with van der Waals surface area (Å²) in [6.45, 7) is 8.05. The zero-order valence-electron chi connectivity index (χ0n) is 15.7. The van der Waals surface area contributed by atoms with Crippen LogP contribution in [-0.2, 0) is 16.0 Å². The number of amides is 2. The fraction of sp³-hybridized carbons (Fsp3) is 0.500. The van der Waals surface area contributed by atoms with Crippen molar-refractivity contribution < 1.29 is 14.1 Å². The third-order valence-electron chi connectivity index (χ3n) is 3.54. The maximum atomic E-state index is 12.4. The van der Waals surface area contributed by atoms with Gasteiger partial charge in [0.15, 0.2) is 0 Å². The SMILES string of the molecule is CCN(CC(=O)NC(C)(C)C)C(=O)CCc1nc(-c2ccncc2)no1. The summed E-state index contributed by atoms with van der Waals surface area (Å²) in [6.07, 6.45) is 3.83. The van der Waals surface area contributed by atoms with Crippen LogP contribution in [0.25, 0.3) is 11.4 Å². The minimum Gasteiger partial charge on any atom is -0.350 e. The second-order valence-electron chi connectivity index (χ2n) is 6.95. The van der Waals surface area contributed by atoms with Crippen LogP contribution in [0.4, 0.5) is 0 Å². The summed E-state index contributed by atoms with van der Waals surface area (Å²) in [7, 11) is 0. The summed E-state index contributed by atoms with van der Waals surface area (Å²) in [5.41, 5.74) is 0.475. The van der Waals surface area contributed by atoms with Gasteiger partial charge in [-0.15, -0.1) is 0 Å². The number of nitrogens with one attached hydrogen (secondary N) is 1. The van der Waals surface area contributed by atoms with Crippen LogP contribution in [-0.4, -0.2) is 50.5 Å². The van der Waals surface area contributed by atoms with E-state index in [2.05, 4.69) is 20.4 Å². The lowest BCUT2D eigenvalue weighted by molar-refractivity contribution is -0.136. The summed E-state index contributed by atoms with van der Waals surface area (Å²) in [5.74, 6) is 0.554. The number of aromatic nitrogens is 3. The van der Waals surface area contributed by atoms with Gasteiger partial charge >= 0.3 is 0 Å². The molecule has 0 saturated heterocycles. The molecule has 2 heterocycles. The van der Waals surface area contributed by atoms with E-state index >= 15 is 0 Å². The Kier molecular flexibility index (Phi) is 6.43. The van der Waals surface area contributed by atoms with Gasteiger partial charge in [-0.25, -0.2) is 0 Å². The van der Waals surface area contributed by atoms with Crippen LogP contribution in [0, 0.1) is 0 Å². The quantitative estimate of drug-likeness (QED) is 0.809. The molecule has 0 spiro atoms. The summed E-state index contributed by atoms with van der Waals surface area (Å²) >= 11 is 0. The molecular weight excluding hydrogens is 334 g/mol. The number of nitrogens with zero attached hydrogens (tertiary/aromatic N) is 4. The number of likely N-dealkylation sites (N-methyl/N-ethyl adjacent to an activating group) is 1. The van der Waals surface area contributed by atoms with Crippen LogP contribution in [0.15, 0.2) is 29.0 Å². The highest BCUT2D eigenvalue weighted by molar-refractivity contribution is 5.85. The van der Waals surface area contributed by atoms with Crippen LogP contribution >= 0.6 is 0 Å². The van der Waals surface area contributed by atoms with Crippen molar-refractivity contribution in [3.05, 3.63) is 30.4 Å². The number of hydrogen-bond donors (Lipinski definition) is 1. The first kappa shape index (κ1) is 19.6. The van der Waals surface area contributed by atoms with Gasteiger partial charge in [0.1, 0.15) is 0 Å². The molecule has 0 atom stereocenters. The molecule has 0 aliphatic rings. The van der Waals surface area contributed by atoms with E-state index < -0.39 is 0 Å². The largest absolute Gasteiger partial charge is 0.350 e. The minimum atomic E-state index is -0.327. The van der Waals surface area contributed by atoms with Crippen molar-refractivity contribution in [2.75, 3.05) is 13.1 Å². The molecule has 2 aromatic heterocycles. The predicted molar refractivity (Wildman–Crippen MR) is 96.0 cm³/mol. The predicted octanol–water partition coefficient (Wildman–Crippen LogP) is 1.83. The average Bonchev–Trinajstić information content (AvgIpc) is 3.06. The maximum Gasteiger partial charge on any atom is 0.240 e. The second kappa shape index (κ2) is 8.55. The Bertz CT molecular complexity index is 737. The summed E-state index contributed by atoms with van der Waals surface area (Å²) in [6, 6.07) is 3.57. The first-order valence-corrected chi connectivity index (χ1v) is 8.60. The average molecular weight is 359 g/mol. The van der Waals surface area contributed by atoms with E-state index in [1.807, 2.05) is 27.7 Å². The van der Waals surface area contributed by atoms with Crippen LogP contribution in [0.5, 0.6) is 0 Å². The Morgan fingerprint density at radius 3 is 2.54 bits per heavy atom. The van der Waals surface area contributed by atoms with Crippen LogP contribution < -0.4 is 5.32 Å². The van der Waals surface area contributed by atoms with Gasteiger partial charge in [0.05, 0.1) is 6.54 Å². The van der Waals surface area contributed by atoms with Crippen molar-refractivity contribution in [1.29, 1.82) is 0 Å². The number of carbonyl (C=O) groups is 2. The van der Waals surface area contributed by atoms with Crippen molar-refractivity contribution >= 4 is 11.8 Å². The van der Waals surface area contributed by atoms with E-state index in [1.165, 1.54) is 4.90 Å². The normalized spacial score (nSPS) is 11.2. The Labute approximate surface area is 153 Å². The van der Waals surface area contributed by atoms with Gasteiger partial charge in [-0.2, -0.15) is 4.98 Å². The molecule has 0 aliphatic heterocycles. The first-order chi connectivity index (χ1) is 12.3. The lowest BCUT2D eigenvalue weighted by Gasteiger charge is -2.25. The Hall–Kier alpha value is -2.77. The molecule has 0 bridgehead atoms. The van der Waals surface area contributed by atoms with Crippen LogP contribution in [0.1, 0.15) is 40.0 Å². The number of rotatable bonds is 7. The number of carbonyl (C=O) groups excluding carboxylic acids is 2. The molecule has 2 aromatic rings. The van der Waals surface area contributed by atoms with Gasteiger partial charge in [0.25, 0.3) is 0 Å². The van der Waals surface area contributed by atoms with Gasteiger partial charge in [-0.3, -0.25) is 14.6 Å². The fourth-order valence-electron chi connectivity index (χ4n) is 2.35. The molecule has 26 heavy (non-hydrogen) atoms. The molecule has 0 unspecified atom stereocenters. The molecule has 0 saturated carbocycles. The van der Waals surface area contributed by atoms with Gasteiger partial charge in [-0.05, 0) is 39.8 Å². The van der Waals surface area contributed by atoms with Crippen molar-refractivity contribution in [1.82, 2.24) is 25.3 Å². The van der Waals surface area contributed by atoms with E-state index in [9.17, 15) is 9.59 Å². The van der Waals surface area contributed by atoms with Crippen molar-refractivity contribution in [2.45, 2.75) is 46.1 Å². The summed E-state index contributed by atoms with van der Waals surface area (Å²) in [5, 5.41) is 6.77. The zero-order chi connectivity index (χ0) is 19.2. The van der Waals surface area contributed by atoms with E-state index in [0.717, 1.165) is 5.56 Å². The molecular formula is C18H25N5O3. The van der Waals surface area contributed by atoms with Gasteiger partial charge in [-0.1, -0.05) is 5.16 Å². The molecule has 2 amide bonds. The highest BCUT2D eigenvalue weighted by Gasteiger charge is 2.20. The number of hydrogen-bond acceptors (Lipinski definition) is 6. The third-order valence-corrected chi connectivity index (χ3v) is 3.54. The zero-order valence-corrected chi connectivity index (χ0v) is 15.7. The lowest BCUT2D eigenvalue weighted by atomic mass is 10.1. The molecule has 140 valence electrons. The molecule has 0 aromatic carbocycles. The minimum absolute atomic E-state index is 0.0404. The van der Waals surface area contributed by atoms with Crippen molar-refractivity contribution in [2.24, 2.45) is 0 Å². The molecule has 8 nitrogen and oxygen atoms in total. The Morgan fingerprint density at radius 1 is 1.23 bits per heavy atom. The molecule has 8 heteroatoms. The molecule has 0 fully saturated rings. The molecule has 1 N–H and O–H groups in total. The topological polar surface area (TPSA) is 101 Å². The van der Waals surface area contributed by atoms with Crippen LogP contribution in [0.3, 0.4) is 0 Å². The third kappa shape index (κ3) is 5.94. The Morgan fingerprint density at radius 2 is 1.92 bits per heavy atom. The molecule has 0 aliphatic carbocycles. The van der Waals surface area contributed by atoms with E-state index in [1.54, 1.807) is 24.5 Å². The first-order valence-electron chi connectivity index (χ1n) is 8.60. The second-order valence-corrected chi connectivity index (χ2v) is 6.95. The van der Waals surface area contributed by atoms with E-state index in [4.69, 9.17) is 4.52 Å². The molecule has 0 radical (unpaired) electrons. The molecule has 2 rings (SSSR count). The van der Waals surface area contributed by atoms with Crippen molar-refractivity contribution in [3.8, 4) is 11.4 Å². The Balaban J connectivity index is 1.89. The van der Waals surface area contributed by atoms with E-state index in [0.29, 0.717) is 24.7 Å². The van der Waals surface area contributed by atoms with Gasteiger partial charge in [0, 0.05) is 42.9 Å². The fourth-order valence-corrected chi connectivity index (χ4v) is 2.35. The standard InChI is InChI=1S/C18H25N5O3/c1-5-23(12-14(24)21-18(2,3)4)16(25)7-6-15-20-17(22-26-15)13-8-10-19-11-9-13/h8-11H,5-7,12H2,1-4H3,(H,21,24). The van der Waals surface area contributed by atoms with Gasteiger partial charge < -0.3 is 14.7 Å². The lowest BCUT2D eigenvalue weighted by Crippen LogP contribution is -2.47. The van der Waals surface area contributed by atoms with Crippen molar-refractivity contribution in [3.63, 3.8) is 0 Å². The van der Waals surface area contributed by atoms with Gasteiger partial charge in [0.2, 0.25) is 23.5 Å². The smallest absolute Gasteiger partial charge is 0.240 e. The number of aryl methyl sites for hydroxylation is 1. The van der Waals surface area contributed by atoms with E-state index in [-0.39, 0.29) is 30.3 Å². The monoisotopic (exact) mass is 359 g/mol.